The van der Waals surface area contributed by atoms with Gasteiger partial charge in [0.05, 0.1) is 4.90 Å². The van der Waals surface area contributed by atoms with Gasteiger partial charge in [-0.15, -0.1) is 0 Å². The maximum atomic E-state index is 12.4. The van der Waals surface area contributed by atoms with Crippen molar-refractivity contribution in [3.63, 3.8) is 0 Å². The summed E-state index contributed by atoms with van der Waals surface area (Å²) < 4.78 is 29.7. The monoisotopic (exact) mass is 326 g/mol. The normalized spacial score (nSPS) is 13.1. The molecule has 5 heteroatoms. The number of unbranched alkanes of at least 4 members (excludes halogenated alkanes) is 1. The van der Waals surface area contributed by atoms with Crippen molar-refractivity contribution < 1.29 is 17.4 Å². The molecule has 0 aliphatic heterocycles. The summed E-state index contributed by atoms with van der Waals surface area (Å²) in [6.07, 6.45) is 2.73. The van der Waals surface area contributed by atoms with Crippen molar-refractivity contribution in [2.24, 2.45) is 5.92 Å². The molecule has 0 bridgehead atoms. The highest BCUT2D eigenvalue weighted by Crippen LogP contribution is 2.23. The summed E-state index contributed by atoms with van der Waals surface area (Å²) in [5.74, 6) is -0.338. The van der Waals surface area contributed by atoms with Crippen molar-refractivity contribution >= 4 is 15.9 Å². The number of ketones is 1. The van der Waals surface area contributed by atoms with Crippen LogP contribution in [0.15, 0.2) is 17.0 Å². The third kappa shape index (κ3) is 4.92. The second-order valence-electron chi connectivity index (χ2n) is 5.95. The molecule has 1 aromatic rings. The molecule has 124 valence electrons. The lowest BCUT2D eigenvalue weighted by molar-refractivity contribution is -0.124. The average Bonchev–Trinajstić information content (AvgIpc) is 2.40. The van der Waals surface area contributed by atoms with Crippen molar-refractivity contribution in [2.75, 3.05) is 6.61 Å². The van der Waals surface area contributed by atoms with Gasteiger partial charge in [-0.05, 0) is 38.3 Å². The summed E-state index contributed by atoms with van der Waals surface area (Å²) in [5.41, 5.74) is 2.28. The minimum absolute atomic E-state index is 0.167. The zero-order chi connectivity index (χ0) is 16.9. The Morgan fingerprint density at radius 2 is 1.73 bits per heavy atom. The highest BCUT2D eigenvalue weighted by Gasteiger charge is 2.23. The first kappa shape index (κ1) is 18.8. The molecule has 0 saturated heterocycles. The van der Waals surface area contributed by atoms with Crippen molar-refractivity contribution in [2.45, 2.75) is 58.8 Å². The second-order valence-corrected chi connectivity index (χ2v) is 7.51. The maximum Gasteiger partial charge on any atom is 0.297 e. The molecule has 0 amide bonds. The molecule has 0 aliphatic rings. The molecule has 0 spiro atoms. The third-order valence-electron chi connectivity index (χ3n) is 3.75. The Kier molecular flexibility index (Phi) is 6.75. The van der Waals surface area contributed by atoms with Crippen LogP contribution in [0.3, 0.4) is 0 Å². The summed E-state index contributed by atoms with van der Waals surface area (Å²) in [6, 6.07) is 3.60. The van der Waals surface area contributed by atoms with Gasteiger partial charge in [-0.3, -0.25) is 8.98 Å². The fourth-order valence-electron chi connectivity index (χ4n) is 2.57. The SMILES string of the molecule is CCCCC(C)C(=O)COS(=O)(=O)c1c(C)cc(C)cc1C. The number of Topliss-reactive ketones (excluding diaryl/α,β-unsaturated/α-hetero) is 1. The largest absolute Gasteiger partial charge is 0.297 e. The van der Waals surface area contributed by atoms with Gasteiger partial charge >= 0.3 is 0 Å². The van der Waals surface area contributed by atoms with Gasteiger partial charge in [0.2, 0.25) is 0 Å². The quantitative estimate of drug-likeness (QED) is 0.683. The van der Waals surface area contributed by atoms with Crippen molar-refractivity contribution in [1.29, 1.82) is 0 Å². The molecule has 22 heavy (non-hydrogen) atoms. The lowest BCUT2D eigenvalue weighted by Gasteiger charge is -2.13. The Morgan fingerprint density at radius 1 is 1.18 bits per heavy atom. The summed E-state index contributed by atoms with van der Waals surface area (Å²) in [6.45, 7) is 8.87. The van der Waals surface area contributed by atoms with E-state index in [2.05, 4.69) is 6.92 Å². The molecular weight excluding hydrogens is 300 g/mol. The van der Waals surface area contributed by atoms with Crippen LogP contribution in [0.2, 0.25) is 0 Å². The van der Waals surface area contributed by atoms with E-state index in [4.69, 9.17) is 4.18 Å². The van der Waals surface area contributed by atoms with E-state index in [1.165, 1.54) is 0 Å². The van der Waals surface area contributed by atoms with E-state index in [0.29, 0.717) is 11.1 Å². The van der Waals surface area contributed by atoms with Gasteiger partial charge in [-0.25, -0.2) is 0 Å². The Labute approximate surface area is 134 Å². The predicted octanol–water partition coefficient (Wildman–Crippen LogP) is 3.71. The Balaban J connectivity index is 2.83. The number of benzene rings is 1. The topological polar surface area (TPSA) is 60.4 Å². The summed E-state index contributed by atoms with van der Waals surface area (Å²) in [4.78, 5) is 12.1. The van der Waals surface area contributed by atoms with Crippen molar-refractivity contribution in [3.8, 4) is 0 Å². The van der Waals surface area contributed by atoms with Crippen LogP contribution in [-0.4, -0.2) is 20.8 Å². The fraction of sp³-hybridized carbons (Fsp3) is 0.588. The van der Waals surface area contributed by atoms with Crippen molar-refractivity contribution in [3.05, 3.63) is 28.8 Å². The Morgan fingerprint density at radius 3 is 2.23 bits per heavy atom. The zero-order valence-electron chi connectivity index (χ0n) is 14.1. The molecule has 0 heterocycles. The summed E-state index contributed by atoms with van der Waals surface area (Å²) >= 11 is 0. The summed E-state index contributed by atoms with van der Waals surface area (Å²) in [7, 11) is -3.91. The Hall–Kier alpha value is -1.20. The van der Waals surface area contributed by atoms with Gasteiger partial charge in [0, 0.05) is 5.92 Å². The molecule has 0 N–H and O–H groups in total. The molecule has 0 fully saturated rings. The molecular formula is C17H26O4S. The lowest BCUT2D eigenvalue weighted by Crippen LogP contribution is -2.21. The molecule has 0 aliphatic carbocycles. The van der Waals surface area contributed by atoms with Crippen LogP contribution in [0.1, 0.15) is 49.8 Å². The van der Waals surface area contributed by atoms with E-state index >= 15 is 0 Å². The number of hydrogen-bond donors (Lipinski definition) is 0. The van der Waals surface area contributed by atoms with Gasteiger partial charge in [-0.2, -0.15) is 8.42 Å². The van der Waals surface area contributed by atoms with Crippen LogP contribution >= 0.6 is 0 Å². The molecule has 1 atom stereocenters. The molecule has 1 unspecified atom stereocenters. The van der Waals surface area contributed by atoms with Gasteiger partial charge in [-0.1, -0.05) is 44.4 Å². The molecule has 4 nitrogen and oxygen atoms in total. The number of carbonyl (C=O) groups is 1. The van der Waals surface area contributed by atoms with Crippen LogP contribution in [0.5, 0.6) is 0 Å². The van der Waals surface area contributed by atoms with E-state index < -0.39 is 10.1 Å². The standard InChI is InChI=1S/C17H26O4S/c1-6-7-8-13(3)16(18)11-21-22(19,20)17-14(4)9-12(2)10-15(17)5/h9-10,13H,6-8,11H2,1-5H3. The van der Waals surface area contributed by atoms with Crippen LogP contribution in [0.4, 0.5) is 0 Å². The van der Waals surface area contributed by atoms with E-state index in [-0.39, 0.29) is 23.2 Å². The number of rotatable bonds is 8. The van der Waals surface area contributed by atoms with Gasteiger partial charge in [0.25, 0.3) is 10.1 Å². The molecule has 1 aromatic carbocycles. The number of carbonyl (C=O) groups excluding carboxylic acids is 1. The van der Waals surface area contributed by atoms with Gasteiger partial charge in [0.15, 0.2) is 5.78 Å². The third-order valence-corrected chi connectivity index (χ3v) is 5.32. The van der Waals surface area contributed by atoms with Gasteiger partial charge < -0.3 is 0 Å². The second kappa shape index (κ2) is 7.88. The molecule has 1 rings (SSSR count). The number of hydrogen-bond acceptors (Lipinski definition) is 4. The minimum Gasteiger partial charge on any atom is -0.297 e. The highest BCUT2D eigenvalue weighted by molar-refractivity contribution is 7.86. The van der Waals surface area contributed by atoms with E-state index in [0.717, 1.165) is 24.8 Å². The molecule has 0 radical (unpaired) electrons. The highest BCUT2D eigenvalue weighted by atomic mass is 32.2. The minimum atomic E-state index is -3.91. The van der Waals surface area contributed by atoms with Crippen LogP contribution in [0.25, 0.3) is 0 Å². The molecule has 0 saturated carbocycles. The predicted molar refractivity (Wildman–Crippen MR) is 87.5 cm³/mol. The van der Waals surface area contributed by atoms with Crippen LogP contribution < -0.4 is 0 Å². The van der Waals surface area contributed by atoms with E-state index in [9.17, 15) is 13.2 Å². The lowest BCUT2D eigenvalue weighted by atomic mass is 10.0. The Bertz CT molecular complexity index is 609. The van der Waals surface area contributed by atoms with Crippen LogP contribution in [-0.2, 0) is 19.1 Å². The average molecular weight is 326 g/mol. The van der Waals surface area contributed by atoms with Gasteiger partial charge in [0.1, 0.15) is 6.61 Å². The van der Waals surface area contributed by atoms with E-state index in [1.54, 1.807) is 26.0 Å². The first-order valence-electron chi connectivity index (χ1n) is 7.69. The number of aryl methyl sites for hydroxylation is 3. The first-order valence-corrected chi connectivity index (χ1v) is 9.09. The first-order chi connectivity index (χ1) is 10.2. The van der Waals surface area contributed by atoms with E-state index in [1.807, 2.05) is 13.8 Å². The molecule has 0 aromatic heterocycles. The smallest absolute Gasteiger partial charge is 0.297 e. The zero-order valence-corrected chi connectivity index (χ0v) is 14.9. The fourth-order valence-corrected chi connectivity index (χ4v) is 3.86. The van der Waals surface area contributed by atoms with Crippen LogP contribution in [0, 0.1) is 26.7 Å². The van der Waals surface area contributed by atoms with Crippen molar-refractivity contribution in [1.82, 2.24) is 0 Å². The summed E-state index contributed by atoms with van der Waals surface area (Å²) in [5, 5.41) is 0. The maximum absolute atomic E-state index is 12.4.